The van der Waals surface area contributed by atoms with E-state index < -0.39 is 5.83 Å². The fourth-order valence-electron chi connectivity index (χ4n) is 0.680. The molecule has 0 saturated heterocycles. The lowest BCUT2D eigenvalue weighted by Crippen LogP contribution is -1.85. The normalized spacial score (nSPS) is 9.18. The molecule has 0 spiro atoms. The Morgan fingerprint density at radius 2 is 2.09 bits per heavy atom. The number of aromatic nitrogens is 1. The number of pyridine rings is 1. The third-order valence-corrected chi connectivity index (χ3v) is 1.30. The van der Waals surface area contributed by atoms with Crippen molar-refractivity contribution in [2.75, 3.05) is 0 Å². The summed E-state index contributed by atoms with van der Waals surface area (Å²) in [6.07, 6.45) is 1.59. The summed E-state index contributed by atoms with van der Waals surface area (Å²) in [7, 11) is 0. The van der Waals surface area contributed by atoms with Crippen LogP contribution < -0.4 is 0 Å². The predicted molar refractivity (Wildman–Crippen MR) is 43.5 cm³/mol. The Bertz CT molecular complexity index is 277. The monoisotopic (exact) mass is 149 g/mol. The largest absolute Gasteiger partial charge is 0.256 e. The summed E-state index contributed by atoms with van der Waals surface area (Å²) in [6, 6.07) is 5.22. The molecule has 0 N–H and O–H groups in total. The lowest BCUT2D eigenvalue weighted by Gasteiger charge is -1.98. The van der Waals surface area contributed by atoms with Crippen LogP contribution in [0.1, 0.15) is 5.69 Å². The van der Waals surface area contributed by atoms with Gasteiger partial charge >= 0.3 is 0 Å². The van der Waals surface area contributed by atoms with Crippen molar-refractivity contribution in [1.82, 2.24) is 4.98 Å². The Balaban J connectivity index is 2.95. The molecule has 1 rings (SSSR count). The van der Waals surface area contributed by atoms with E-state index in [0.29, 0.717) is 5.69 Å². The van der Waals surface area contributed by atoms with Crippen molar-refractivity contribution in [2.45, 2.75) is 0 Å². The molecule has 0 amide bonds. The van der Waals surface area contributed by atoms with Crippen molar-refractivity contribution in [2.24, 2.45) is 0 Å². The Labute approximate surface area is 64.9 Å². The van der Waals surface area contributed by atoms with E-state index in [1.807, 2.05) is 0 Å². The second-order valence-corrected chi connectivity index (χ2v) is 2.10. The van der Waals surface area contributed by atoms with Crippen LogP contribution in [-0.2, 0) is 0 Å². The van der Waals surface area contributed by atoms with Gasteiger partial charge in [-0.2, -0.15) is 0 Å². The molecule has 1 aromatic heterocycles. The zero-order valence-electron chi connectivity index (χ0n) is 6.05. The highest BCUT2D eigenvalue weighted by molar-refractivity contribution is 5.71. The van der Waals surface area contributed by atoms with E-state index >= 15 is 0 Å². The van der Waals surface area contributed by atoms with E-state index in [9.17, 15) is 4.39 Å². The van der Waals surface area contributed by atoms with Crippen molar-refractivity contribution in [3.8, 4) is 0 Å². The van der Waals surface area contributed by atoms with Crippen LogP contribution in [0.4, 0.5) is 4.39 Å². The second-order valence-electron chi connectivity index (χ2n) is 2.10. The van der Waals surface area contributed by atoms with Crippen LogP contribution in [0.5, 0.6) is 0 Å². The van der Waals surface area contributed by atoms with Gasteiger partial charge in [-0.05, 0) is 12.1 Å². The second kappa shape index (κ2) is 3.10. The number of nitrogens with zero attached hydrogens (tertiary/aromatic N) is 1. The van der Waals surface area contributed by atoms with Crippen LogP contribution in [0.15, 0.2) is 43.4 Å². The minimum atomic E-state index is -0.538. The van der Waals surface area contributed by atoms with Crippen molar-refractivity contribution in [1.29, 1.82) is 0 Å². The predicted octanol–water partition coefficient (Wildman–Crippen LogP) is 2.58. The van der Waals surface area contributed by atoms with Crippen LogP contribution in [0.25, 0.3) is 5.57 Å². The summed E-state index contributed by atoms with van der Waals surface area (Å²) in [6.45, 7) is 6.61. The van der Waals surface area contributed by atoms with Crippen molar-refractivity contribution in [3.05, 3.63) is 49.1 Å². The third kappa shape index (κ3) is 1.74. The zero-order chi connectivity index (χ0) is 8.27. The highest BCUT2D eigenvalue weighted by Crippen LogP contribution is 2.17. The van der Waals surface area contributed by atoms with Gasteiger partial charge in [0.1, 0.15) is 5.83 Å². The van der Waals surface area contributed by atoms with Gasteiger partial charge in [-0.3, -0.25) is 4.98 Å². The highest BCUT2D eigenvalue weighted by Gasteiger charge is 2.01. The fraction of sp³-hybridized carbons (Fsp3) is 0. The van der Waals surface area contributed by atoms with Gasteiger partial charge in [0.05, 0.1) is 5.69 Å². The Kier molecular flexibility index (Phi) is 2.16. The molecule has 0 saturated carbocycles. The maximum atomic E-state index is 12.4. The molecule has 2 heteroatoms. The van der Waals surface area contributed by atoms with Crippen LogP contribution in [0, 0.1) is 0 Å². The van der Waals surface area contributed by atoms with Crippen LogP contribution >= 0.6 is 0 Å². The van der Waals surface area contributed by atoms with Crippen molar-refractivity contribution < 1.29 is 4.39 Å². The lowest BCUT2D eigenvalue weighted by atomic mass is 10.2. The van der Waals surface area contributed by atoms with Crippen LogP contribution in [0.3, 0.4) is 0 Å². The first-order valence-electron chi connectivity index (χ1n) is 3.17. The molecule has 1 aromatic rings. The summed E-state index contributed by atoms with van der Waals surface area (Å²) in [5.74, 6) is -0.538. The lowest BCUT2D eigenvalue weighted by molar-refractivity contribution is 0.678. The Hall–Kier alpha value is -1.44. The van der Waals surface area contributed by atoms with Gasteiger partial charge in [-0.1, -0.05) is 19.2 Å². The Morgan fingerprint density at radius 1 is 1.36 bits per heavy atom. The number of halogens is 1. The molecule has 0 aliphatic carbocycles. The molecule has 0 bridgehead atoms. The SMILES string of the molecule is C=C(F)C(=C)c1ccccn1. The minimum absolute atomic E-state index is 0.241. The van der Waals surface area contributed by atoms with E-state index in [2.05, 4.69) is 18.1 Å². The molecule has 0 atom stereocenters. The van der Waals surface area contributed by atoms with Crippen LogP contribution in [-0.4, -0.2) is 4.98 Å². The van der Waals surface area contributed by atoms with Gasteiger partial charge in [-0.15, -0.1) is 0 Å². The van der Waals surface area contributed by atoms with Crippen molar-refractivity contribution in [3.63, 3.8) is 0 Å². The molecule has 56 valence electrons. The smallest absolute Gasteiger partial charge is 0.124 e. The molecule has 0 fully saturated rings. The standard InChI is InChI=1S/C9H8FN/c1-7(8(2)10)9-5-3-4-6-11-9/h3-6H,1-2H2. The number of allylic oxidation sites excluding steroid dienone is 2. The first-order chi connectivity index (χ1) is 5.22. The van der Waals surface area contributed by atoms with Gasteiger partial charge < -0.3 is 0 Å². The molecule has 0 aromatic carbocycles. The average molecular weight is 149 g/mol. The average Bonchev–Trinajstić information content (AvgIpc) is 2.05. The fourth-order valence-corrected chi connectivity index (χ4v) is 0.680. The zero-order valence-corrected chi connectivity index (χ0v) is 6.05. The molecular weight excluding hydrogens is 141 g/mol. The van der Waals surface area contributed by atoms with E-state index in [-0.39, 0.29) is 5.57 Å². The maximum absolute atomic E-state index is 12.4. The number of hydrogen-bond donors (Lipinski definition) is 0. The van der Waals surface area contributed by atoms with Crippen LogP contribution in [0.2, 0.25) is 0 Å². The highest BCUT2D eigenvalue weighted by atomic mass is 19.1. The molecular formula is C9H8FN. The molecule has 0 unspecified atom stereocenters. The molecule has 1 heterocycles. The molecule has 11 heavy (non-hydrogen) atoms. The minimum Gasteiger partial charge on any atom is -0.256 e. The van der Waals surface area contributed by atoms with Gasteiger partial charge in [0.25, 0.3) is 0 Å². The summed E-state index contributed by atoms with van der Waals surface area (Å²) in [5.41, 5.74) is 0.769. The quantitative estimate of drug-likeness (QED) is 0.589. The van der Waals surface area contributed by atoms with E-state index in [0.717, 1.165) is 0 Å². The van der Waals surface area contributed by atoms with E-state index in [1.54, 1.807) is 24.4 Å². The first-order valence-corrected chi connectivity index (χ1v) is 3.17. The molecule has 0 radical (unpaired) electrons. The van der Waals surface area contributed by atoms with E-state index in [1.165, 1.54) is 0 Å². The summed E-state index contributed by atoms with van der Waals surface area (Å²) < 4.78 is 12.4. The summed E-state index contributed by atoms with van der Waals surface area (Å²) >= 11 is 0. The number of hydrogen-bond acceptors (Lipinski definition) is 1. The van der Waals surface area contributed by atoms with Gasteiger partial charge in [0.15, 0.2) is 0 Å². The maximum Gasteiger partial charge on any atom is 0.124 e. The molecule has 0 aliphatic heterocycles. The van der Waals surface area contributed by atoms with Gasteiger partial charge in [-0.25, -0.2) is 4.39 Å². The molecule has 0 aliphatic rings. The summed E-state index contributed by atoms with van der Waals surface area (Å²) in [4.78, 5) is 3.90. The topological polar surface area (TPSA) is 12.9 Å². The van der Waals surface area contributed by atoms with Crippen molar-refractivity contribution >= 4 is 5.57 Å². The Morgan fingerprint density at radius 3 is 2.55 bits per heavy atom. The third-order valence-electron chi connectivity index (χ3n) is 1.30. The van der Waals surface area contributed by atoms with Gasteiger partial charge in [0, 0.05) is 11.8 Å². The van der Waals surface area contributed by atoms with E-state index in [4.69, 9.17) is 0 Å². The summed E-state index contributed by atoms with van der Waals surface area (Å²) in [5, 5.41) is 0. The first kappa shape index (κ1) is 7.66. The van der Waals surface area contributed by atoms with Gasteiger partial charge in [0.2, 0.25) is 0 Å². The number of rotatable bonds is 2. The molecule has 1 nitrogen and oxygen atoms in total.